The molecule has 1 aromatic heterocycles. The van der Waals surface area contributed by atoms with E-state index >= 15 is 0 Å². The Hall–Kier alpha value is -2.83. The lowest BCUT2D eigenvalue weighted by molar-refractivity contribution is -0.148. The summed E-state index contributed by atoms with van der Waals surface area (Å²) in [6.45, 7) is 4.64. The number of anilines is 4. The van der Waals surface area contributed by atoms with Gasteiger partial charge >= 0.3 is 5.97 Å². The summed E-state index contributed by atoms with van der Waals surface area (Å²) >= 11 is 0. The minimum Gasteiger partial charge on any atom is -0.466 e. The molecule has 1 fully saturated rings. The highest BCUT2D eigenvalue weighted by molar-refractivity contribution is 5.81. The fraction of sp³-hybridized carbons (Fsp3) is 0.476. The number of nitrogens with two attached hydrogens (primary N) is 1. The third kappa shape index (κ3) is 3.48. The molecule has 28 heavy (non-hydrogen) atoms. The molecule has 0 amide bonds. The molecular weight excluding hydrogens is 354 g/mol. The molecule has 2 N–H and O–H groups in total. The molecule has 0 aliphatic carbocycles. The van der Waals surface area contributed by atoms with Crippen LogP contribution in [0.1, 0.15) is 31.7 Å². The Morgan fingerprint density at radius 3 is 2.71 bits per heavy atom. The minimum absolute atomic E-state index is 0.0345. The number of esters is 1. The van der Waals surface area contributed by atoms with Crippen molar-refractivity contribution in [3.63, 3.8) is 0 Å². The van der Waals surface area contributed by atoms with Crippen LogP contribution in [0.2, 0.25) is 0 Å². The van der Waals surface area contributed by atoms with Crippen LogP contribution < -0.4 is 15.5 Å². The van der Waals surface area contributed by atoms with Crippen molar-refractivity contribution >= 4 is 29.0 Å². The van der Waals surface area contributed by atoms with E-state index in [0.717, 1.165) is 57.0 Å². The fourth-order valence-electron chi connectivity index (χ4n) is 4.19. The van der Waals surface area contributed by atoms with Crippen molar-refractivity contribution in [2.45, 2.75) is 32.6 Å². The number of ether oxygens (including phenoxy) is 1. The first-order chi connectivity index (χ1) is 13.7. The first-order valence-electron chi connectivity index (χ1n) is 10.1. The molecule has 2 aliphatic heterocycles. The van der Waals surface area contributed by atoms with Gasteiger partial charge in [0.2, 0.25) is 0 Å². The van der Waals surface area contributed by atoms with Gasteiger partial charge < -0.3 is 20.3 Å². The number of carbonyl (C=O) groups excluding carboxylic acids is 1. The lowest BCUT2D eigenvalue weighted by atomic mass is 9.97. The molecular formula is C21H27N5O2. The summed E-state index contributed by atoms with van der Waals surface area (Å²) in [7, 11) is 0. The summed E-state index contributed by atoms with van der Waals surface area (Å²) < 4.78 is 5.16. The van der Waals surface area contributed by atoms with E-state index in [-0.39, 0.29) is 11.9 Å². The van der Waals surface area contributed by atoms with E-state index in [0.29, 0.717) is 12.3 Å². The number of nitrogens with zero attached hydrogens (tertiary/aromatic N) is 4. The summed E-state index contributed by atoms with van der Waals surface area (Å²) in [5, 5.41) is 0. The van der Waals surface area contributed by atoms with Gasteiger partial charge in [0.15, 0.2) is 11.6 Å². The minimum atomic E-state index is -0.0941. The van der Waals surface area contributed by atoms with Crippen LogP contribution in [0.3, 0.4) is 0 Å². The number of aromatic nitrogens is 2. The van der Waals surface area contributed by atoms with Gasteiger partial charge in [-0.2, -0.15) is 0 Å². The molecule has 3 heterocycles. The van der Waals surface area contributed by atoms with Crippen LogP contribution in [0.15, 0.2) is 30.6 Å². The molecule has 1 aromatic carbocycles. The number of hydrogen-bond donors (Lipinski definition) is 1. The monoisotopic (exact) mass is 381 g/mol. The second kappa shape index (κ2) is 8.04. The second-order valence-electron chi connectivity index (χ2n) is 7.33. The molecule has 0 bridgehead atoms. The first kappa shape index (κ1) is 18.5. The average Bonchev–Trinajstić information content (AvgIpc) is 2.74. The van der Waals surface area contributed by atoms with E-state index in [4.69, 9.17) is 10.5 Å². The smallest absolute Gasteiger partial charge is 0.309 e. The van der Waals surface area contributed by atoms with Crippen LogP contribution in [-0.2, 0) is 16.0 Å². The summed E-state index contributed by atoms with van der Waals surface area (Å²) in [5.74, 6) is 1.40. The predicted octanol–water partition coefficient (Wildman–Crippen LogP) is 2.92. The molecule has 4 rings (SSSR count). The highest BCUT2D eigenvalue weighted by atomic mass is 16.5. The maximum Gasteiger partial charge on any atom is 0.309 e. The number of nitrogen functional groups attached to an aromatic ring is 1. The third-order valence-corrected chi connectivity index (χ3v) is 5.62. The van der Waals surface area contributed by atoms with E-state index in [9.17, 15) is 4.79 Å². The van der Waals surface area contributed by atoms with Crippen molar-refractivity contribution in [1.29, 1.82) is 0 Å². The van der Waals surface area contributed by atoms with Gasteiger partial charge in [0.25, 0.3) is 0 Å². The Morgan fingerprint density at radius 1 is 1.18 bits per heavy atom. The van der Waals surface area contributed by atoms with Gasteiger partial charge in [-0.3, -0.25) is 4.79 Å². The highest BCUT2D eigenvalue weighted by Crippen LogP contribution is 2.38. The number of aryl methyl sites for hydroxylation is 1. The van der Waals surface area contributed by atoms with E-state index in [1.807, 2.05) is 6.92 Å². The third-order valence-electron chi connectivity index (χ3n) is 5.62. The van der Waals surface area contributed by atoms with Crippen molar-refractivity contribution in [2.75, 3.05) is 41.8 Å². The lowest BCUT2D eigenvalue weighted by Crippen LogP contribution is -2.38. The Balaban J connectivity index is 1.55. The number of rotatable bonds is 4. The average molecular weight is 381 g/mol. The van der Waals surface area contributed by atoms with Gasteiger partial charge in [0.05, 0.1) is 12.5 Å². The molecule has 2 aliphatic rings. The predicted molar refractivity (Wildman–Crippen MR) is 110 cm³/mol. The molecule has 7 nitrogen and oxygen atoms in total. The summed E-state index contributed by atoms with van der Waals surface area (Å²) in [6, 6.07) is 8.42. The van der Waals surface area contributed by atoms with Gasteiger partial charge in [-0.1, -0.05) is 18.2 Å². The van der Waals surface area contributed by atoms with Gasteiger partial charge in [-0.05, 0) is 44.2 Å². The van der Waals surface area contributed by atoms with Crippen LogP contribution in [-0.4, -0.2) is 42.2 Å². The number of hydrogen-bond acceptors (Lipinski definition) is 7. The molecule has 1 saturated heterocycles. The number of piperidine rings is 1. The molecule has 2 aromatic rings. The molecule has 0 saturated carbocycles. The summed E-state index contributed by atoms with van der Waals surface area (Å²) in [5.41, 5.74) is 9.64. The van der Waals surface area contributed by atoms with Gasteiger partial charge in [-0.15, -0.1) is 0 Å². The maximum absolute atomic E-state index is 12.0. The Labute approximate surface area is 165 Å². The van der Waals surface area contributed by atoms with E-state index in [2.05, 4.69) is 44.0 Å². The lowest BCUT2D eigenvalue weighted by Gasteiger charge is -2.34. The Morgan fingerprint density at radius 2 is 1.93 bits per heavy atom. The summed E-state index contributed by atoms with van der Waals surface area (Å²) in [4.78, 5) is 25.3. The molecule has 0 radical (unpaired) electrons. The topological polar surface area (TPSA) is 84.6 Å². The maximum atomic E-state index is 12.0. The summed E-state index contributed by atoms with van der Waals surface area (Å²) in [6.07, 6.45) is 5.25. The van der Waals surface area contributed by atoms with Gasteiger partial charge in [0, 0.05) is 25.3 Å². The number of fused-ring (bicyclic) bond motifs is 1. The van der Waals surface area contributed by atoms with Crippen LogP contribution in [0.25, 0.3) is 0 Å². The van der Waals surface area contributed by atoms with Gasteiger partial charge in [-0.25, -0.2) is 9.97 Å². The van der Waals surface area contributed by atoms with Gasteiger partial charge in [0.1, 0.15) is 12.0 Å². The molecule has 0 atom stereocenters. The molecule has 148 valence electrons. The van der Waals surface area contributed by atoms with Crippen LogP contribution >= 0.6 is 0 Å². The molecule has 0 unspecified atom stereocenters. The van der Waals surface area contributed by atoms with Crippen molar-refractivity contribution in [3.05, 3.63) is 36.2 Å². The van der Waals surface area contributed by atoms with Crippen molar-refractivity contribution in [3.8, 4) is 0 Å². The second-order valence-corrected chi connectivity index (χ2v) is 7.33. The van der Waals surface area contributed by atoms with E-state index in [1.165, 1.54) is 11.3 Å². The number of carbonyl (C=O) groups is 1. The first-order valence-corrected chi connectivity index (χ1v) is 10.1. The Bertz CT molecular complexity index is 848. The molecule has 0 spiro atoms. The zero-order valence-electron chi connectivity index (χ0n) is 16.3. The van der Waals surface area contributed by atoms with E-state index in [1.54, 1.807) is 6.33 Å². The zero-order valence-corrected chi connectivity index (χ0v) is 16.3. The Kier molecular flexibility index (Phi) is 5.32. The SMILES string of the molecule is CCOC(=O)C1CCN(c2ncnc(N3CCCc4ccccc43)c2N)CC1. The fourth-order valence-corrected chi connectivity index (χ4v) is 4.19. The highest BCUT2D eigenvalue weighted by Gasteiger charge is 2.29. The largest absolute Gasteiger partial charge is 0.466 e. The number of para-hydroxylation sites is 1. The standard InChI is InChI=1S/C21H27N5O2/c1-2-28-21(27)16-9-12-25(13-10-16)19-18(22)20(24-14-23-19)26-11-5-7-15-6-3-4-8-17(15)26/h3-4,6,8,14,16H,2,5,7,9-13,22H2,1H3. The quantitative estimate of drug-likeness (QED) is 0.815. The van der Waals surface area contributed by atoms with Crippen molar-refractivity contribution < 1.29 is 9.53 Å². The normalized spacial score (nSPS) is 17.3. The van der Waals surface area contributed by atoms with Crippen LogP contribution in [0, 0.1) is 5.92 Å². The number of benzene rings is 1. The van der Waals surface area contributed by atoms with Crippen LogP contribution in [0.4, 0.5) is 23.0 Å². The molecule has 7 heteroatoms. The van der Waals surface area contributed by atoms with Crippen molar-refractivity contribution in [1.82, 2.24) is 9.97 Å². The zero-order chi connectivity index (χ0) is 19.5. The van der Waals surface area contributed by atoms with E-state index < -0.39 is 0 Å². The van der Waals surface area contributed by atoms with Crippen molar-refractivity contribution in [2.24, 2.45) is 5.92 Å². The van der Waals surface area contributed by atoms with Crippen LogP contribution in [0.5, 0.6) is 0 Å².